The fourth-order valence-corrected chi connectivity index (χ4v) is 1.09. The normalized spacial score (nSPS) is 10.6. The van der Waals surface area contributed by atoms with Crippen LogP contribution in [0.15, 0.2) is 36.9 Å². The molecule has 0 bridgehead atoms. The van der Waals surface area contributed by atoms with Gasteiger partial charge in [-0.25, -0.2) is 4.98 Å². The van der Waals surface area contributed by atoms with Gasteiger partial charge in [-0.15, -0.1) is 4.68 Å². The van der Waals surface area contributed by atoms with E-state index in [-0.39, 0.29) is 0 Å². The minimum absolute atomic E-state index is 0.731. The van der Waals surface area contributed by atoms with Gasteiger partial charge in [0, 0.05) is 5.02 Å². The van der Waals surface area contributed by atoms with Crippen LogP contribution in [0.2, 0.25) is 5.02 Å². The van der Waals surface area contributed by atoms with Gasteiger partial charge in [-0.1, -0.05) is 11.6 Å². The molecule has 92 valence electrons. The third kappa shape index (κ3) is 5.91. The molecule has 0 saturated carbocycles. The van der Waals surface area contributed by atoms with Gasteiger partial charge in [-0.3, -0.25) is 0 Å². The number of H-pyrrole nitrogens is 1. The van der Waals surface area contributed by atoms with Crippen LogP contribution in [0, 0.1) is 0 Å². The molecular formula is C8H7BClF4N3. The lowest BCUT2D eigenvalue weighted by molar-refractivity contribution is -0.656. The molecule has 0 unspecified atom stereocenters. The van der Waals surface area contributed by atoms with Gasteiger partial charge < -0.3 is 17.3 Å². The van der Waals surface area contributed by atoms with E-state index >= 15 is 0 Å². The molecule has 0 aliphatic rings. The molecule has 0 amide bonds. The average Bonchev–Trinajstić information content (AvgIpc) is 2.69. The summed E-state index contributed by atoms with van der Waals surface area (Å²) in [5.41, 5.74) is 0.987. The molecule has 1 aromatic heterocycles. The van der Waals surface area contributed by atoms with Crippen LogP contribution < -0.4 is 4.68 Å². The van der Waals surface area contributed by atoms with E-state index in [1.54, 1.807) is 17.3 Å². The van der Waals surface area contributed by atoms with Crippen molar-refractivity contribution in [3.63, 3.8) is 0 Å². The zero-order valence-electron chi connectivity index (χ0n) is 8.33. The van der Waals surface area contributed by atoms with Crippen molar-refractivity contribution >= 4 is 18.9 Å². The minimum atomic E-state index is -6.00. The topological polar surface area (TPSA) is 32.6 Å². The molecule has 0 spiro atoms. The smallest absolute Gasteiger partial charge is 0.418 e. The van der Waals surface area contributed by atoms with Crippen LogP contribution in [-0.2, 0) is 0 Å². The first kappa shape index (κ1) is 13.5. The third-order valence-corrected chi connectivity index (χ3v) is 1.80. The molecule has 1 aromatic carbocycles. The van der Waals surface area contributed by atoms with Gasteiger partial charge in [-0.05, 0) is 29.4 Å². The number of halogens is 5. The Balaban J connectivity index is 0.000000249. The summed E-state index contributed by atoms with van der Waals surface area (Å²) in [5, 5.41) is 4.77. The van der Waals surface area contributed by atoms with Gasteiger partial charge in [0.1, 0.15) is 0 Å². The first-order valence-electron chi connectivity index (χ1n) is 4.40. The van der Waals surface area contributed by atoms with E-state index < -0.39 is 7.25 Å². The van der Waals surface area contributed by atoms with E-state index in [1.807, 2.05) is 24.3 Å². The van der Waals surface area contributed by atoms with Crippen LogP contribution in [0.3, 0.4) is 0 Å². The Morgan fingerprint density at radius 2 is 1.65 bits per heavy atom. The number of hydrogen-bond acceptors (Lipinski definition) is 1. The van der Waals surface area contributed by atoms with E-state index in [4.69, 9.17) is 11.6 Å². The quantitative estimate of drug-likeness (QED) is 0.481. The molecular weight excluding hydrogens is 260 g/mol. The van der Waals surface area contributed by atoms with Crippen molar-refractivity contribution in [1.29, 1.82) is 0 Å². The first-order valence-corrected chi connectivity index (χ1v) is 4.78. The Kier molecular flexibility index (Phi) is 4.50. The number of aromatic nitrogens is 3. The maximum Gasteiger partial charge on any atom is 0.673 e. The largest absolute Gasteiger partial charge is 0.673 e. The van der Waals surface area contributed by atoms with Crippen LogP contribution >= 0.6 is 11.6 Å². The summed E-state index contributed by atoms with van der Waals surface area (Å²) in [6, 6.07) is 7.48. The molecule has 0 aliphatic heterocycles. The van der Waals surface area contributed by atoms with Gasteiger partial charge in [0.2, 0.25) is 6.33 Å². The molecule has 0 fully saturated rings. The Hall–Kier alpha value is -1.57. The summed E-state index contributed by atoms with van der Waals surface area (Å²) in [6.45, 7) is 0. The predicted molar refractivity (Wildman–Crippen MR) is 55.3 cm³/mol. The SMILES string of the molecule is Clc1ccc(-[n+]2c[nH]cn2)cc1.F[B-](F)(F)F. The van der Waals surface area contributed by atoms with Crippen molar-refractivity contribution in [2.24, 2.45) is 0 Å². The number of benzene rings is 1. The second-order valence-corrected chi connectivity index (χ2v) is 3.29. The Morgan fingerprint density at radius 1 is 1.12 bits per heavy atom. The van der Waals surface area contributed by atoms with Crippen LogP contribution in [0.5, 0.6) is 0 Å². The molecule has 0 aliphatic carbocycles. The maximum atomic E-state index is 9.75. The van der Waals surface area contributed by atoms with Gasteiger partial charge in [0.25, 0.3) is 6.33 Å². The summed E-state index contributed by atoms with van der Waals surface area (Å²) >= 11 is 5.74. The summed E-state index contributed by atoms with van der Waals surface area (Å²) in [4.78, 5) is 2.86. The average molecular weight is 267 g/mol. The lowest BCUT2D eigenvalue weighted by Crippen LogP contribution is -2.31. The van der Waals surface area contributed by atoms with E-state index in [0.29, 0.717) is 0 Å². The number of aromatic amines is 1. The van der Waals surface area contributed by atoms with Crippen molar-refractivity contribution in [3.8, 4) is 5.69 Å². The number of rotatable bonds is 1. The highest BCUT2D eigenvalue weighted by Crippen LogP contribution is 2.08. The van der Waals surface area contributed by atoms with Crippen LogP contribution in [0.25, 0.3) is 5.69 Å². The second kappa shape index (κ2) is 5.67. The van der Waals surface area contributed by atoms with E-state index in [2.05, 4.69) is 10.1 Å². The first-order chi connectivity index (χ1) is 7.86. The van der Waals surface area contributed by atoms with Crippen LogP contribution in [-0.4, -0.2) is 17.3 Å². The molecule has 0 radical (unpaired) electrons. The van der Waals surface area contributed by atoms with E-state index in [1.165, 1.54) is 0 Å². The summed E-state index contributed by atoms with van der Waals surface area (Å²) in [6.07, 6.45) is 3.39. The summed E-state index contributed by atoms with van der Waals surface area (Å²) in [7, 11) is -6.00. The number of nitrogens with zero attached hydrogens (tertiary/aromatic N) is 2. The zero-order valence-corrected chi connectivity index (χ0v) is 9.08. The molecule has 0 atom stereocenters. The third-order valence-electron chi connectivity index (χ3n) is 1.54. The Morgan fingerprint density at radius 3 is 2.06 bits per heavy atom. The van der Waals surface area contributed by atoms with E-state index in [9.17, 15) is 17.3 Å². The molecule has 2 aromatic rings. The molecule has 2 rings (SSSR count). The van der Waals surface area contributed by atoms with Crippen LogP contribution in [0.1, 0.15) is 0 Å². The highest BCUT2D eigenvalue weighted by molar-refractivity contribution is 6.50. The predicted octanol–water partition coefficient (Wildman–Crippen LogP) is 2.64. The lowest BCUT2D eigenvalue weighted by Gasteiger charge is -1.94. The Bertz CT molecular complexity index is 437. The van der Waals surface area contributed by atoms with Gasteiger partial charge in [0.05, 0.1) is 0 Å². The minimum Gasteiger partial charge on any atom is -0.418 e. The maximum absolute atomic E-state index is 9.75. The number of nitrogens with one attached hydrogen (secondary N) is 1. The molecule has 0 saturated heterocycles. The van der Waals surface area contributed by atoms with Crippen molar-refractivity contribution in [2.75, 3.05) is 0 Å². The van der Waals surface area contributed by atoms with Gasteiger partial charge in [-0.2, -0.15) is 0 Å². The lowest BCUT2D eigenvalue weighted by atomic mass is 10.3. The zero-order chi connectivity index (χ0) is 12.9. The fourth-order valence-electron chi connectivity index (χ4n) is 0.968. The standard InChI is InChI=1S/C8H6ClN3.BF4/c9-7-1-3-8(4-2-7)12-6-10-5-11-12;2-1(3,4)5/h1-6H;/q;-1/p+1. The number of hydrogen-bond donors (Lipinski definition) is 1. The van der Waals surface area contributed by atoms with Gasteiger partial charge >= 0.3 is 7.25 Å². The monoisotopic (exact) mass is 267 g/mol. The van der Waals surface area contributed by atoms with Crippen molar-refractivity contribution < 1.29 is 21.9 Å². The Labute approximate surface area is 99.1 Å². The van der Waals surface area contributed by atoms with Gasteiger partial charge in [0.15, 0.2) is 5.69 Å². The van der Waals surface area contributed by atoms with Crippen LogP contribution in [0.4, 0.5) is 17.3 Å². The van der Waals surface area contributed by atoms with E-state index in [0.717, 1.165) is 10.7 Å². The molecule has 1 heterocycles. The molecule has 3 nitrogen and oxygen atoms in total. The molecule has 9 heteroatoms. The summed E-state index contributed by atoms with van der Waals surface area (Å²) in [5.74, 6) is 0. The highest BCUT2D eigenvalue weighted by Gasteiger charge is 2.20. The second-order valence-electron chi connectivity index (χ2n) is 2.86. The van der Waals surface area contributed by atoms with Crippen molar-refractivity contribution in [2.45, 2.75) is 0 Å². The van der Waals surface area contributed by atoms with Crippen molar-refractivity contribution in [1.82, 2.24) is 10.1 Å². The fraction of sp³-hybridized carbons (Fsp3) is 0. The van der Waals surface area contributed by atoms with Crippen molar-refractivity contribution in [3.05, 3.63) is 41.9 Å². The molecule has 17 heavy (non-hydrogen) atoms. The molecule has 1 N–H and O–H groups in total. The highest BCUT2D eigenvalue weighted by atomic mass is 35.5. The summed E-state index contributed by atoms with van der Waals surface area (Å²) < 4.78 is 40.7.